The minimum Gasteiger partial charge on any atom is -0.493 e. The third kappa shape index (κ3) is 6.58. The average Bonchev–Trinajstić information content (AvgIpc) is 2.71. The normalized spacial score (nSPS) is 10.1. The van der Waals surface area contributed by atoms with Crippen LogP contribution in [0.15, 0.2) is 36.8 Å². The Morgan fingerprint density at radius 3 is 2.63 bits per heavy atom. The topological polar surface area (TPSA) is 102 Å². The van der Waals surface area contributed by atoms with Crippen LogP contribution in [0, 0.1) is 0 Å². The molecule has 2 amide bonds. The highest BCUT2D eigenvalue weighted by Gasteiger charge is 2.08. The zero-order chi connectivity index (χ0) is 19.5. The number of ether oxygens (including phenoxy) is 2. The number of carbonyl (C=O) groups excluding carboxylic acids is 2. The number of nitrogens with zero attached hydrogens (tertiary/aromatic N) is 2. The quantitative estimate of drug-likeness (QED) is 0.611. The predicted molar refractivity (Wildman–Crippen MR) is 99.9 cm³/mol. The summed E-state index contributed by atoms with van der Waals surface area (Å²) in [4.78, 5) is 31.5. The predicted octanol–water partition coefficient (Wildman–Crippen LogP) is 1.36. The van der Waals surface area contributed by atoms with Crippen molar-refractivity contribution >= 4 is 11.8 Å². The van der Waals surface area contributed by atoms with E-state index in [1.54, 1.807) is 7.11 Å². The third-order valence-corrected chi connectivity index (χ3v) is 3.70. The molecule has 0 saturated heterocycles. The van der Waals surface area contributed by atoms with E-state index in [0.29, 0.717) is 44.0 Å². The van der Waals surface area contributed by atoms with Crippen LogP contribution in [0.5, 0.6) is 11.5 Å². The minimum absolute atomic E-state index is 0.0865. The van der Waals surface area contributed by atoms with Gasteiger partial charge in [0.15, 0.2) is 11.5 Å². The third-order valence-electron chi connectivity index (χ3n) is 3.70. The molecule has 2 aromatic rings. The summed E-state index contributed by atoms with van der Waals surface area (Å²) >= 11 is 0. The van der Waals surface area contributed by atoms with Gasteiger partial charge < -0.3 is 20.1 Å². The molecule has 0 spiro atoms. The first kappa shape index (κ1) is 20.2. The van der Waals surface area contributed by atoms with Crippen LogP contribution in [-0.2, 0) is 11.2 Å². The van der Waals surface area contributed by atoms with E-state index in [1.165, 1.54) is 18.6 Å². The van der Waals surface area contributed by atoms with Gasteiger partial charge in [0.1, 0.15) is 5.69 Å². The molecule has 8 nitrogen and oxygen atoms in total. The van der Waals surface area contributed by atoms with Gasteiger partial charge in [0, 0.05) is 31.9 Å². The molecule has 1 heterocycles. The number of benzene rings is 1. The maximum absolute atomic E-state index is 12.0. The van der Waals surface area contributed by atoms with Gasteiger partial charge in [-0.25, -0.2) is 4.98 Å². The van der Waals surface area contributed by atoms with Crippen LogP contribution in [0.25, 0.3) is 0 Å². The van der Waals surface area contributed by atoms with Crippen LogP contribution >= 0.6 is 0 Å². The lowest BCUT2D eigenvalue weighted by molar-refractivity contribution is -0.121. The van der Waals surface area contributed by atoms with E-state index in [0.717, 1.165) is 5.56 Å². The molecule has 0 unspecified atom stereocenters. The Labute approximate surface area is 158 Å². The lowest BCUT2D eigenvalue weighted by Gasteiger charge is -2.11. The molecular weight excluding hydrogens is 348 g/mol. The van der Waals surface area contributed by atoms with E-state index < -0.39 is 0 Å². The van der Waals surface area contributed by atoms with E-state index >= 15 is 0 Å². The molecule has 1 aromatic carbocycles. The molecule has 1 aromatic heterocycles. The SMILES string of the molecule is CCOc1ccc(CCC(=O)NCCNC(=O)c2cnccn2)cc1OC. The number of carbonyl (C=O) groups is 2. The lowest BCUT2D eigenvalue weighted by atomic mass is 10.1. The van der Waals surface area contributed by atoms with E-state index in [-0.39, 0.29) is 17.5 Å². The summed E-state index contributed by atoms with van der Waals surface area (Å²) in [7, 11) is 1.59. The molecule has 144 valence electrons. The van der Waals surface area contributed by atoms with Crippen molar-refractivity contribution in [3.63, 3.8) is 0 Å². The van der Waals surface area contributed by atoms with Gasteiger partial charge in [-0.3, -0.25) is 14.6 Å². The van der Waals surface area contributed by atoms with Crippen LogP contribution in [0.4, 0.5) is 0 Å². The van der Waals surface area contributed by atoms with Crippen molar-refractivity contribution in [1.29, 1.82) is 0 Å². The molecule has 0 fully saturated rings. The lowest BCUT2D eigenvalue weighted by Crippen LogP contribution is -2.35. The molecule has 0 atom stereocenters. The Balaban J connectivity index is 1.69. The first-order chi connectivity index (χ1) is 13.1. The Morgan fingerprint density at radius 2 is 1.93 bits per heavy atom. The van der Waals surface area contributed by atoms with Crippen molar-refractivity contribution in [2.45, 2.75) is 19.8 Å². The van der Waals surface area contributed by atoms with Crippen LogP contribution in [0.2, 0.25) is 0 Å². The van der Waals surface area contributed by atoms with Crippen LogP contribution in [-0.4, -0.2) is 48.6 Å². The van der Waals surface area contributed by atoms with Gasteiger partial charge >= 0.3 is 0 Å². The molecular formula is C19H24N4O4. The number of aryl methyl sites for hydroxylation is 1. The highest BCUT2D eigenvalue weighted by molar-refractivity contribution is 5.91. The van der Waals surface area contributed by atoms with E-state index in [4.69, 9.17) is 9.47 Å². The molecule has 2 N–H and O–H groups in total. The molecule has 2 rings (SSSR count). The second-order valence-electron chi connectivity index (χ2n) is 5.61. The second-order valence-corrected chi connectivity index (χ2v) is 5.61. The Bertz CT molecular complexity index is 753. The summed E-state index contributed by atoms with van der Waals surface area (Å²) in [6.07, 6.45) is 5.26. The van der Waals surface area contributed by atoms with Gasteiger partial charge in [-0.05, 0) is 31.0 Å². The first-order valence-electron chi connectivity index (χ1n) is 8.74. The molecule has 0 radical (unpaired) electrons. The minimum atomic E-state index is -0.321. The van der Waals surface area contributed by atoms with Gasteiger partial charge in [-0.1, -0.05) is 6.07 Å². The van der Waals surface area contributed by atoms with Gasteiger partial charge in [0.25, 0.3) is 5.91 Å². The highest BCUT2D eigenvalue weighted by atomic mass is 16.5. The van der Waals surface area contributed by atoms with Crippen LogP contribution in [0.3, 0.4) is 0 Å². The maximum atomic E-state index is 12.0. The molecule has 0 aliphatic heterocycles. The van der Waals surface area contributed by atoms with E-state index in [1.807, 2.05) is 25.1 Å². The van der Waals surface area contributed by atoms with Crippen molar-refractivity contribution < 1.29 is 19.1 Å². The number of aromatic nitrogens is 2. The molecule has 0 bridgehead atoms. The standard InChI is InChI=1S/C19H24N4O4/c1-3-27-16-6-4-14(12-17(16)26-2)5-7-18(24)22-10-11-23-19(25)15-13-20-8-9-21-15/h4,6,8-9,12-13H,3,5,7,10-11H2,1-2H3,(H,22,24)(H,23,25). The Kier molecular flexibility index (Phi) is 8.02. The van der Waals surface area contributed by atoms with Crippen molar-refractivity contribution in [2.24, 2.45) is 0 Å². The molecule has 8 heteroatoms. The summed E-state index contributed by atoms with van der Waals surface area (Å²) in [6.45, 7) is 3.13. The van der Waals surface area contributed by atoms with Crippen molar-refractivity contribution in [1.82, 2.24) is 20.6 Å². The fourth-order valence-electron chi connectivity index (χ4n) is 2.37. The Morgan fingerprint density at radius 1 is 1.11 bits per heavy atom. The van der Waals surface area contributed by atoms with Gasteiger partial charge in [-0.2, -0.15) is 0 Å². The summed E-state index contributed by atoms with van der Waals surface area (Å²) in [5.41, 5.74) is 1.23. The smallest absolute Gasteiger partial charge is 0.271 e. The fraction of sp³-hybridized carbons (Fsp3) is 0.368. The van der Waals surface area contributed by atoms with Crippen LogP contribution < -0.4 is 20.1 Å². The number of rotatable bonds is 10. The largest absolute Gasteiger partial charge is 0.493 e. The van der Waals surface area contributed by atoms with Gasteiger partial charge in [0.2, 0.25) is 5.91 Å². The maximum Gasteiger partial charge on any atom is 0.271 e. The zero-order valence-electron chi connectivity index (χ0n) is 15.5. The van der Waals surface area contributed by atoms with Gasteiger partial charge in [0.05, 0.1) is 19.9 Å². The zero-order valence-corrected chi connectivity index (χ0v) is 15.5. The van der Waals surface area contributed by atoms with Crippen LogP contribution in [0.1, 0.15) is 29.4 Å². The monoisotopic (exact) mass is 372 g/mol. The molecule has 0 aliphatic carbocycles. The molecule has 0 aliphatic rings. The molecule has 0 saturated carbocycles. The van der Waals surface area contributed by atoms with Crippen molar-refractivity contribution in [3.05, 3.63) is 48.0 Å². The second kappa shape index (κ2) is 10.7. The summed E-state index contributed by atoms with van der Waals surface area (Å²) in [5, 5.41) is 5.45. The average molecular weight is 372 g/mol. The molecule has 27 heavy (non-hydrogen) atoms. The number of hydrogen-bond acceptors (Lipinski definition) is 6. The number of hydrogen-bond donors (Lipinski definition) is 2. The summed E-state index contributed by atoms with van der Waals surface area (Å²) in [5.74, 6) is 0.934. The Hall–Kier alpha value is -3.16. The van der Waals surface area contributed by atoms with Crippen molar-refractivity contribution in [2.75, 3.05) is 26.8 Å². The fourth-order valence-corrected chi connectivity index (χ4v) is 2.37. The number of methoxy groups -OCH3 is 1. The van der Waals surface area contributed by atoms with Gasteiger partial charge in [-0.15, -0.1) is 0 Å². The summed E-state index contributed by atoms with van der Waals surface area (Å²) in [6, 6.07) is 5.64. The van der Waals surface area contributed by atoms with E-state index in [9.17, 15) is 9.59 Å². The highest BCUT2D eigenvalue weighted by Crippen LogP contribution is 2.28. The van der Waals surface area contributed by atoms with Crippen molar-refractivity contribution in [3.8, 4) is 11.5 Å². The summed E-state index contributed by atoms with van der Waals surface area (Å²) < 4.78 is 10.8. The first-order valence-corrected chi connectivity index (χ1v) is 8.74. The number of nitrogens with one attached hydrogen (secondary N) is 2. The number of amides is 2. The van der Waals surface area contributed by atoms with E-state index in [2.05, 4.69) is 20.6 Å².